The summed E-state index contributed by atoms with van der Waals surface area (Å²) >= 11 is 0. The molecular formula is C20H19F2N3O. The van der Waals surface area contributed by atoms with Crippen molar-refractivity contribution in [3.8, 4) is 0 Å². The van der Waals surface area contributed by atoms with Crippen LogP contribution in [0.25, 0.3) is 5.57 Å². The predicted octanol–water partition coefficient (Wildman–Crippen LogP) is 3.89. The number of rotatable bonds is 2. The van der Waals surface area contributed by atoms with Crippen LogP contribution in [0.3, 0.4) is 0 Å². The largest absolute Gasteiger partial charge is 0.322 e. The minimum atomic E-state index is -0.619. The van der Waals surface area contributed by atoms with Crippen LogP contribution in [-0.2, 0) is 13.1 Å². The van der Waals surface area contributed by atoms with E-state index in [1.807, 2.05) is 24.3 Å². The average Bonchev–Trinajstić information content (AvgIpc) is 3.08. The maximum absolute atomic E-state index is 13.8. The number of anilines is 1. The standard InChI is InChI=1S/C20H19F2N3O/c21-16-9-15-11-25(12-18(15)19(22)10-16)20(26)24-17-3-1-13(2-4-17)14-5-7-23-8-6-14/h1-5,9-10,23H,6-8,11-12H2,(H,24,26). The highest BCUT2D eigenvalue weighted by molar-refractivity contribution is 5.90. The third-order valence-corrected chi connectivity index (χ3v) is 4.82. The van der Waals surface area contributed by atoms with Gasteiger partial charge in [-0.2, -0.15) is 0 Å². The molecular weight excluding hydrogens is 336 g/mol. The van der Waals surface area contributed by atoms with Crippen LogP contribution in [0.2, 0.25) is 0 Å². The molecule has 2 heterocycles. The van der Waals surface area contributed by atoms with Crippen LogP contribution in [0.4, 0.5) is 19.3 Å². The topological polar surface area (TPSA) is 44.4 Å². The van der Waals surface area contributed by atoms with Crippen molar-refractivity contribution in [2.75, 3.05) is 18.4 Å². The van der Waals surface area contributed by atoms with Crippen molar-refractivity contribution in [3.05, 3.63) is 70.8 Å². The maximum Gasteiger partial charge on any atom is 0.322 e. The van der Waals surface area contributed by atoms with Gasteiger partial charge in [0.1, 0.15) is 11.6 Å². The highest BCUT2D eigenvalue weighted by atomic mass is 19.1. The lowest BCUT2D eigenvalue weighted by atomic mass is 10.0. The summed E-state index contributed by atoms with van der Waals surface area (Å²) in [7, 11) is 0. The second-order valence-electron chi connectivity index (χ2n) is 6.57. The Bertz CT molecular complexity index is 877. The number of hydrogen-bond acceptors (Lipinski definition) is 2. The van der Waals surface area contributed by atoms with Crippen molar-refractivity contribution >= 4 is 17.3 Å². The molecule has 0 saturated carbocycles. The van der Waals surface area contributed by atoms with Crippen LogP contribution in [0.1, 0.15) is 23.1 Å². The molecule has 2 amide bonds. The first kappa shape index (κ1) is 16.7. The van der Waals surface area contributed by atoms with Gasteiger partial charge in [-0.25, -0.2) is 13.6 Å². The quantitative estimate of drug-likeness (QED) is 0.858. The highest BCUT2D eigenvalue weighted by Gasteiger charge is 2.26. The van der Waals surface area contributed by atoms with Crippen molar-refractivity contribution in [1.82, 2.24) is 10.2 Å². The lowest BCUT2D eigenvalue weighted by Gasteiger charge is -2.17. The zero-order valence-electron chi connectivity index (χ0n) is 14.2. The third kappa shape index (κ3) is 3.32. The van der Waals surface area contributed by atoms with Crippen LogP contribution in [0.15, 0.2) is 42.5 Å². The fourth-order valence-electron chi connectivity index (χ4n) is 3.43. The molecule has 4 nitrogen and oxygen atoms in total. The molecule has 2 aromatic rings. The van der Waals surface area contributed by atoms with Gasteiger partial charge in [-0.3, -0.25) is 0 Å². The van der Waals surface area contributed by atoms with E-state index < -0.39 is 11.6 Å². The van der Waals surface area contributed by atoms with E-state index in [0.29, 0.717) is 16.8 Å². The molecule has 0 unspecified atom stereocenters. The van der Waals surface area contributed by atoms with Gasteiger partial charge >= 0.3 is 6.03 Å². The molecule has 0 aliphatic carbocycles. The van der Waals surface area contributed by atoms with Gasteiger partial charge in [0.2, 0.25) is 0 Å². The van der Waals surface area contributed by atoms with Crippen molar-refractivity contribution in [3.63, 3.8) is 0 Å². The van der Waals surface area contributed by atoms with Crippen molar-refractivity contribution in [1.29, 1.82) is 0 Å². The molecule has 0 radical (unpaired) electrons. The van der Waals surface area contributed by atoms with E-state index in [2.05, 4.69) is 16.7 Å². The summed E-state index contributed by atoms with van der Waals surface area (Å²) in [6.07, 6.45) is 3.16. The molecule has 0 spiro atoms. The third-order valence-electron chi connectivity index (χ3n) is 4.82. The molecule has 2 aromatic carbocycles. The molecule has 2 N–H and O–H groups in total. The zero-order chi connectivity index (χ0) is 18.1. The van der Waals surface area contributed by atoms with Gasteiger partial charge in [0.25, 0.3) is 0 Å². The summed E-state index contributed by atoms with van der Waals surface area (Å²) in [5.74, 6) is -1.22. The first-order chi connectivity index (χ1) is 12.6. The van der Waals surface area contributed by atoms with E-state index in [1.54, 1.807) is 0 Å². The number of hydrogen-bond donors (Lipinski definition) is 2. The summed E-state index contributed by atoms with van der Waals surface area (Å²) in [6, 6.07) is 9.51. The number of halogens is 2. The summed E-state index contributed by atoms with van der Waals surface area (Å²) in [5.41, 5.74) is 4.03. The first-order valence-electron chi connectivity index (χ1n) is 8.63. The predicted molar refractivity (Wildman–Crippen MR) is 96.5 cm³/mol. The summed E-state index contributed by atoms with van der Waals surface area (Å²) in [6.45, 7) is 2.19. The van der Waals surface area contributed by atoms with Crippen molar-refractivity contribution in [2.24, 2.45) is 0 Å². The van der Waals surface area contributed by atoms with Gasteiger partial charge < -0.3 is 15.5 Å². The summed E-state index contributed by atoms with van der Waals surface area (Å²) in [5, 5.41) is 6.10. The van der Waals surface area contributed by atoms with Crippen molar-refractivity contribution in [2.45, 2.75) is 19.5 Å². The Balaban J connectivity index is 1.42. The smallest absolute Gasteiger partial charge is 0.316 e. The number of carbonyl (C=O) groups is 1. The maximum atomic E-state index is 13.8. The minimum Gasteiger partial charge on any atom is -0.316 e. The molecule has 2 aliphatic rings. The van der Waals surface area contributed by atoms with E-state index in [-0.39, 0.29) is 19.1 Å². The van der Waals surface area contributed by atoms with Gasteiger partial charge in [-0.05, 0) is 47.9 Å². The molecule has 0 aromatic heterocycles. The Morgan fingerprint density at radius 3 is 2.65 bits per heavy atom. The Kier molecular flexibility index (Phi) is 4.42. The molecule has 26 heavy (non-hydrogen) atoms. The molecule has 0 bridgehead atoms. The highest BCUT2D eigenvalue weighted by Crippen LogP contribution is 2.27. The van der Waals surface area contributed by atoms with E-state index in [0.717, 1.165) is 31.1 Å². The van der Waals surface area contributed by atoms with Gasteiger partial charge in [-0.15, -0.1) is 0 Å². The molecule has 0 saturated heterocycles. The molecule has 2 aliphatic heterocycles. The number of urea groups is 1. The fraction of sp³-hybridized carbons (Fsp3) is 0.250. The van der Waals surface area contributed by atoms with Crippen LogP contribution >= 0.6 is 0 Å². The van der Waals surface area contributed by atoms with Crippen molar-refractivity contribution < 1.29 is 13.6 Å². The van der Waals surface area contributed by atoms with Crippen LogP contribution in [0.5, 0.6) is 0 Å². The molecule has 134 valence electrons. The normalized spacial score (nSPS) is 16.2. The van der Waals surface area contributed by atoms with Gasteiger partial charge in [0.15, 0.2) is 0 Å². The summed E-state index contributed by atoms with van der Waals surface area (Å²) in [4.78, 5) is 13.9. The van der Waals surface area contributed by atoms with Gasteiger partial charge in [0.05, 0.1) is 6.54 Å². The summed E-state index contributed by atoms with van der Waals surface area (Å²) < 4.78 is 27.1. The average molecular weight is 355 g/mol. The fourth-order valence-corrected chi connectivity index (χ4v) is 3.43. The minimum absolute atomic E-state index is 0.144. The SMILES string of the molecule is O=C(Nc1ccc(C2=CCNCC2)cc1)N1Cc2cc(F)cc(F)c2C1. The van der Waals surface area contributed by atoms with Crippen LogP contribution in [0, 0.1) is 11.6 Å². The second-order valence-corrected chi connectivity index (χ2v) is 6.57. The molecule has 6 heteroatoms. The molecule has 0 fully saturated rings. The number of nitrogens with zero attached hydrogens (tertiary/aromatic N) is 1. The lowest BCUT2D eigenvalue weighted by Crippen LogP contribution is -2.30. The van der Waals surface area contributed by atoms with E-state index in [1.165, 1.54) is 16.5 Å². The van der Waals surface area contributed by atoms with E-state index in [9.17, 15) is 13.6 Å². The van der Waals surface area contributed by atoms with E-state index >= 15 is 0 Å². The second kappa shape index (κ2) is 6.88. The molecule has 0 atom stereocenters. The number of fused-ring (bicyclic) bond motifs is 1. The Hall–Kier alpha value is -2.73. The zero-order valence-corrected chi connectivity index (χ0v) is 14.2. The number of carbonyl (C=O) groups excluding carboxylic acids is 1. The number of amides is 2. The van der Waals surface area contributed by atoms with Gasteiger partial charge in [-0.1, -0.05) is 18.2 Å². The Labute approximate surface area is 150 Å². The van der Waals surface area contributed by atoms with Gasteiger partial charge in [0, 0.05) is 30.4 Å². The monoisotopic (exact) mass is 355 g/mol. The number of nitrogens with one attached hydrogen (secondary N) is 2. The molecule has 4 rings (SSSR count). The van der Waals surface area contributed by atoms with Crippen LogP contribution in [-0.4, -0.2) is 24.0 Å². The Morgan fingerprint density at radius 1 is 1.12 bits per heavy atom. The Morgan fingerprint density at radius 2 is 1.92 bits per heavy atom. The lowest BCUT2D eigenvalue weighted by molar-refractivity contribution is 0.212. The van der Waals surface area contributed by atoms with E-state index in [4.69, 9.17) is 0 Å². The number of benzene rings is 2. The van der Waals surface area contributed by atoms with Crippen LogP contribution < -0.4 is 10.6 Å². The first-order valence-corrected chi connectivity index (χ1v) is 8.63.